The van der Waals surface area contributed by atoms with E-state index in [0.717, 1.165) is 61.5 Å². The van der Waals surface area contributed by atoms with E-state index in [9.17, 15) is 5.26 Å². The maximum absolute atomic E-state index is 9.67. The summed E-state index contributed by atoms with van der Waals surface area (Å²) in [5.74, 6) is 0. The van der Waals surface area contributed by atoms with Crippen LogP contribution in [-0.2, 0) is 6.42 Å². The van der Waals surface area contributed by atoms with E-state index in [-0.39, 0.29) is 0 Å². The SMILES string of the molecule is CCCCCCCCc1ccc2c(c1)c1cc(-n3c4ccccc4c4cc(C#N)ccc43)ccc1n2-c1ccc2oc3ccccc3c2c1. The van der Waals surface area contributed by atoms with Crippen molar-refractivity contribution in [3.63, 3.8) is 0 Å². The van der Waals surface area contributed by atoms with Crippen molar-refractivity contribution in [1.29, 1.82) is 5.26 Å². The first kappa shape index (κ1) is 29.4. The lowest BCUT2D eigenvalue weighted by molar-refractivity contribution is 0.607. The normalized spacial score (nSPS) is 11.9. The van der Waals surface area contributed by atoms with Crippen LogP contribution in [0.5, 0.6) is 0 Å². The van der Waals surface area contributed by atoms with Crippen LogP contribution in [0.25, 0.3) is 76.9 Å². The lowest BCUT2D eigenvalue weighted by atomic mass is 10.0. The van der Waals surface area contributed by atoms with Gasteiger partial charge in [-0.25, -0.2) is 0 Å². The number of benzene rings is 6. The topological polar surface area (TPSA) is 46.8 Å². The number of nitrogens with zero attached hydrogens (tertiary/aromatic N) is 3. The molecule has 9 aromatic rings. The maximum atomic E-state index is 9.67. The van der Waals surface area contributed by atoms with E-state index in [4.69, 9.17) is 4.42 Å². The van der Waals surface area contributed by atoms with Crippen molar-refractivity contribution in [1.82, 2.24) is 9.13 Å². The molecule has 0 fully saturated rings. The smallest absolute Gasteiger partial charge is 0.135 e. The second kappa shape index (κ2) is 12.0. The number of aromatic nitrogens is 2. The molecule has 0 radical (unpaired) electrons. The van der Waals surface area contributed by atoms with Gasteiger partial charge in [-0.1, -0.05) is 81.5 Å². The lowest BCUT2D eigenvalue weighted by Gasteiger charge is -2.10. The number of rotatable bonds is 9. The zero-order valence-electron chi connectivity index (χ0n) is 27.7. The molecule has 3 heterocycles. The van der Waals surface area contributed by atoms with Gasteiger partial charge in [-0.15, -0.1) is 0 Å². The third kappa shape index (κ3) is 4.88. The second-order valence-electron chi connectivity index (χ2n) is 13.4. The number of hydrogen-bond acceptors (Lipinski definition) is 2. The van der Waals surface area contributed by atoms with Gasteiger partial charge in [-0.2, -0.15) is 5.26 Å². The van der Waals surface area contributed by atoms with Crippen LogP contribution in [0.3, 0.4) is 0 Å². The highest BCUT2D eigenvalue weighted by atomic mass is 16.3. The Labute approximate surface area is 285 Å². The molecule has 238 valence electrons. The van der Waals surface area contributed by atoms with Crippen LogP contribution < -0.4 is 0 Å². The molecule has 0 saturated heterocycles. The van der Waals surface area contributed by atoms with Crippen LogP contribution in [-0.4, -0.2) is 9.13 Å². The number of unbranched alkanes of at least 4 members (excludes halogenated alkanes) is 5. The Kier molecular flexibility index (Phi) is 7.20. The van der Waals surface area contributed by atoms with E-state index in [1.54, 1.807) is 0 Å². The summed E-state index contributed by atoms with van der Waals surface area (Å²) in [5, 5.41) is 16.7. The molecule has 6 aromatic carbocycles. The summed E-state index contributed by atoms with van der Waals surface area (Å²) >= 11 is 0. The van der Waals surface area contributed by atoms with Gasteiger partial charge in [0.2, 0.25) is 0 Å². The molecule has 0 saturated carbocycles. The molecular weight excluding hydrogens is 599 g/mol. The Morgan fingerprint density at radius 2 is 1.10 bits per heavy atom. The van der Waals surface area contributed by atoms with Crippen LogP contribution in [0.2, 0.25) is 0 Å². The Balaban J connectivity index is 1.24. The minimum absolute atomic E-state index is 0.675. The number of hydrogen-bond donors (Lipinski definition) is 0. The van der Waals surface area contributed by atoms with Crippen molar-refractivity contribution in [2.24, 2.45) is 0 Å². The van der Waals surface area contributed by atoms with Gasteiger partial charge in [0, 0.05) is 43.7 Å². The minimum atomic E-state index is 0.675. The minimum Gasteiger partial charge on any atom is -0.456 e. The number of furan rings is 1. The lowest BCUT2D eigenvalue weighted by Crippen LogP contribution is -1.96. The zero-order valence-corrected chi connectivity index (χ0v) is 27.7. The third-order valence-electron chi connectivity index (χ3n) is 10.3. The standard InChI is InChI=1S/C45H37N3O/c1-2-3-4-5-6-7-12-30-17-21-42-37(25-30)38-27-32(47-40-15-10-8-13-34(40)36-26-31(29-46)18-22-41(36)47)19-23-43(38)48(42)33-20-24-45-39(28-33)35-14-9-11-16-44(35)49-45/h8-11,13-28H,2-7,12H2,1H3. The van der Waals surface area contributed by atoms with E-state index >= 15 is 0 Å². The fraction of sp³-hybridized carbons (Fsp3) is 0.178. The summed E-state index contributed by atoms with van der Waals surface area (Å²) in [6.45, 7) is 2.28. The molecule has 9 rings (SSSR count). The first-order valence-electron chi connectivity index (χ1n) is 17.6. The first-order valence-corrected chi connectivity index (χ1v) is 17.6. The molecule has 0 aliphatic carbocycles. The molecule has 0 bridgehead atoms. The van der Waals surface area contributed by atoms with Gasteiger partial charge in [0.15, 0.2) is 0 Å². The van der Waals surface area contributed by atoms with E-state index in [0.29, 0.717) is 5.56 Å². The molecular formula is C45H37N3O. The Bertz CT molecular complexity index is 2730. The van der Waals surface area contributed by atoms with Crippen LogP contribution in [0.1, 0.15) is 56.6 Å². The molecule has 4 heteroatoms. The summed E-state index contributed by atoms with van der Waals surface area (Å²) in [4.78, 5) is 0. The predicted molar refractivity (Wildman–Crippen MR) is 204 cm³/mol. The third-order valence-corrected chi connectivity index (χ3v) is 10.3. The molecule has 0 spiro atoms. The highest BCUT2D eigenvalue weighted by Gasteiger charge is 2.18. The predicted octanol–water partition coefficient (Wildman–Crippen LogP) is 12.6. The molecule has 0 unspecified atom stereocenters. The average molecular weight is 636 g/mol. The fourth-order valence-electron chi connectivity index (χ4n) is 7.91. The first-order chi connectivity index (χ1) is 24.2. The van der Waals surface area contributed by atoms with E-state index in [1.807, 2.05) is 24.3 Å². The van der Waals surface area contributed by atoms with Gasteiger partial charge in [0.05, 0.1) is 33.7 Å². The van der Waals surface area contributed by atoms with Gasteiger partial charge in [-0.05, 0) is 97.3 Å². The average Bonchev–Trinajstić information content (AvgIpc) is 3.79. The quantitative estimate of drug-likeness (QED) is 0.148. The molecule has 0 N–H and O–H groups in total. The number of nitriles is 1. The number of aryl methyl sites for hydroxylation is 1. The van der Waals surface area contributed by atoms with Gasteiger partial charge < -0.3 is 13.6 Å². The fourth-order valence-corrected chi connectivity index (χ4v) is 7.91. The van der Waals surface area contributed by atoms with E-state index in [2.05, 4.69) is 119 Å². The van der Waals surface area contributed by atoms with Gasteiger partial charge in [0.25, 0.3) is 0 Å². The summed E-state index contributed by atoms with van der Waals surface area (Å²) in [6.07, 6.45) is 8.86. The van der Waals surface area contributed by atoms with Gasteiger partial charge >= 0.3 is 0 Å². The van der Waals surface area contributed by atoms with E-state index < -0.39 is 0 Å². The summed E-state index contributed by atoms with van der Waals surface area (Å²) in [5.41, 5.74) is 10.7. The van der Waals surface area contributed by atoms with Crippen LogP contribution in [0.4, 0.5) is 0 Å². The molecule has 0 amide bonds. The molecule has 49 heavy (non-hydrogen) atoms. The molecule has 0 atom stereocenters. The highest BCUT2D eigenvalue weighted by molar-refractivity contribution is 6.13. The van der Waals surface area contributed by atoms with Crippen molar-refractivity contribution in [3.8, 4) is 17.4 Å². The maximum Gasteiger partial charge on any atom is 0.135 e. The summed E-state index contributed by atoms with van der Waals surface area (Å²) in [7, 11) is 0. The molecule has 0 aliphatic rings. The number of fused-ring (bicyclic) bond motifs is 9. The monoisotopic (exact) mass is 635 g/mol. The van der Waals surface area contributed by atoms with Gasteiger partial charge in [-0.3, -0.25) is 0 Å². The van der Waals surface area contributed by atoms with Crippen LogP contribution in [0.15, 0.2) is 126 Å². The molecule has 3 aromatic heterocycles. The summed E-state index contributed by atoms with van der Waals surface area (Å²) in [6, 6.07) is 45.7. The largest absolute Gasteiger partial charge is 0.456 e. The van der Waals surface area contributed by atoms with Crippen molar-refractivity contribution in [3.05, 3.63) is 132 Å². The van der Waals surface area contributed by atoms with Crippen molar-refractivity contribution in [2.75, 3.05) is 0 Å². The number of para-hydroxylation sites is 2. The van der Waals surface area contributed by atoms with E-state index in [1.165, 1.54) is 65.9 Å². The Hall–Kier alpha value is -5.79. The van der Waals surface area contributed by atoms with Crippen molar-refractivity contribution >= 4 is 65.6 Å². The van der Waals surface area contributed by atoms with Crippen LogP contribution >= 0.6 is 0 Å². The van der Waals surface area contributed by atoms with Crippen molar-refractivity contribution in [2.45, 2.75) is 51.9 Å². The Morgan fingerprint density at radius 3 is 1.92 bits per heavy atom. The van der Waals surface area contributed by atoms with Gasteiger partial charge in [0.1, 0.15) is 11.2 Å². The van der Waals surface area contributed by atoms with Crippen molar-refractivity contribution < 1.29 is 4.42 Å². The highest BCUT2D eigenvalue weighted by Crippen LogP contribution is 2.39. The molecule has 0 aliphatic heterocycles. The summed E-state index contributed by atoms with van der Waals surface area (Å²) < 4.78 is 11.0. The molecule has 4 nitrogen and oxygen atoms in total. The Morgan fingerprint density at radius 1 is 0.510 bits per heavy atom. The second-order valence-corrected chi connectivity index (χ2v) is 13.4. The zero-order chi connectivity index (χ0) is 32.9. The van der Waals surface area contributed by atoms with Crippen LogP contribution in [0, 0.1) is 11.3 Å².